The Morgan fingerprint density at radius 2 is 1.94 bits per heavy atom. The summed E-state index contributed by atoms with van der Waals surface area (Å²) in [6.07, 6.45) is 3.31. The molecule has 1 heterocycles. The van der Waals surface area contributed by atoms with Crippen molar-refractivity contribution in [2.24, 2.45) is 5.73 Å². The van der Waals surface area contributed by atoms with Gasteiger partial charge in [-0.25, -0.2) is 0 Å². The van der Waals surface area contributed by atoms with Crippen LogP contribution in [0.15, 0.2) is 53.3 Å². The number of ether oxygens (including phenoxy) is 1. The molecule has 2 unspecified atom stereocenters. The summed E-state index contributed by atoms with van der Waals surface area (Å²) >= 11 is 3.42. The Balaban J connectivity index is 2.22. The first-order valence-corrected chi connectivity index (χ1v) is 6.54. The summed E-state index contributed by atoms with van der Waals surface area (Å²) in [5.74, 6) is 0.795. The normalized spacial score (nSPS) is 13.9. The quantitative estimate of drug-likeness (QED) is 0.942. The molecule has 0 aliphatic rings. The molecule has 0 aliphatic carbocycles. The van der Waals surface area contributed by atoms with Crippen LogP contribution in [0.5, 0.6) is 5.75 Å². The van der Waals surface area contributed by atoms with Crippen LogP contribution in [0.2, 0.25) is 0 Å². The highest BCUT2D eigenvalue weighted by Crippen LogP contribution is 2.25. The van der Waals surface area contributed by atoms with E-state index in [1.54, 1.807) is 12.4 Å². The first-order valence-electron chi connectivity index (χ1n) is 5.74. The Labute approximate surface area is 115 Å². The van der Waals surface area contributed by atoms with E-state index in [0.29, 0.717) is 0 Å². The molecular weight excluding hydrogens is 292 g/mol. The molecule has 3 nitrogen and oxygen atoms in total. The van der Waals surface area contributed by atoms with Crippen molar-refractivity contribution in [2.45, 2.75) is 19.1 Å². The van der Waals surface area contributed by atoms with Gasteiger partial charge in [0.1, 0.15) is 11.9 Å². The molecule has 2 N–H and O–H groups in total. The molecule has 2 rings (SSSR count). The molecule has 0 aliphatic heterocycles. The van der Waals surface area contributed by atoms with Gasteiger partial charge in [-0.3, -0.25) is 4.98 Å². The lowest BCUT2D eigenvalue weighted by Gasteiger charge is -2.22. The minimum absolute atomic E-state index is 0.105. The second-order valence-electron chi connectivity index (χ2n) is 4.14. The maximum Gasteiger partial charge on any atom is 0.139 e. The Morgan fingerprint density at radius 3 is 2.56 bits per heavy atom. The van der Waals surface area contributed by atoms with Crippen molar-refractivity contribution in [3.63, 3.8) is 0 Å². The number of rotatable bonds is 4. The Bertz CT molecular complexity index is 502. The lowest BCUT2D eigenvalue weighted by atomic mass is 10.1. The second kappa shape index (κ2) is 5.98. The Kier molecular flexibility index (Phi) is 4.33. The number of nitrogens with zero attached hydrogens (tertiary/aromatic N) is 1. The van der Waals surface area contributed by atoms with Gasteiger partial charge in [0, 0.05) is 22.9 Å². The molecule has 0 spiro atoms. The van der Waals surface area contributed by atoms with E-state index in [-0.39, 0.29) is 12.1 Å². The number of aromatic nitrogens is 1. The first kappa shape index (κ1) is 13.1. The van der Waals surface area contributed by atoms with Crippen molar-refractivity contribution >= 4 is 15.9 Å². The molecule has 2 aromatic rings. The fourth-order valence-corrected chi connectivity index (χ4v) is 2.10. The molecule has 94 valence electrons. The number of hydrogen-bond acceptors (Lipinski definition) is 3. The van der Waals surface area contributed by atoms with E-state index in [1.165, 1.54) is 0 Å². The zero-order chi connectivity index (χ0) is 13.0. The smallest absolute Gasteiger partial charge is 0.139 e. The fraction of sp³-hybridized carbons (Fsp3) is 0.214. The maximum absolute atomic E-state index is 6.00. The minimum Gasteiger partial charge on any atom is -0.484 e. The van der Waals surface area contributed by atoms with Crippen molar-refractivity contribution < 1.29 is 4.74 Å². The van der Waals surface area contributed by atoms with Crippen LogP contribution in [0.4, 0.5) is 0 Å². The van der Waals surface area contributed by atoms with Gasteiger partial charge >= 0.3 is 0 Å². The highest BCUT2D eigenvalue weighted by atomic mass is 79.9. The number of pyridine rings is 1. The van der Waals surface area contributed by atoms with Crippen LogP contribution in [-0.2, 0) is 0 Å². The summed E-state index contributed by atoms with van der Waals surface area (Å²) in [5.41, 5.74) is 7.03. The largest absolute Gasteiger partial charge is 0.484 e. The van der Waals surface area contributed by atoms with Crippen molar-refractivity contribution in [1.29, 1.82) is 0 Å². The van der Waals surface area contributed by atoms with Crippen molar-refractivity contribution in [1.82, 2.24) is 4.98 Å². The minimum atomic E-state index is -0.178. The third-order valence-electron chi connectivity index (χ3n) is 2.57. The van der Waals surface area contributed by atoms with E-state index in [1.807, 2.05) is 43.3 Å². The number of halogens is 1. The average molecular weight is 307 g/mol. The molecule has 0 fully saturated rings. The lowest BCUT2D eigenvalue weighted by Crippen LogP contribution is -2.29. The number of nitrogens with two attached hydrogens (primary N) is 1. The summed E-state index contributed by atoms with van der Waals surface area (Å²) in [6, 6.07) is 11.5. The molecule has 0 saturated heterocycles. The standard InChI is InChI=1S/C14H15BrN2O/c1-10(16)14(11-5-7-17-8-6-11)18-13-4-2-3-12(15)9-13/h2-10,14H,16H2,1H3. The van der Waals surface area contributed by atoms with Gasteiger partial charge in [0.15, 0.2) is 0 Å². The molecule has 0 radical (unpaired) electrons. The van der Waals surface area contributed by atoms with Crippen LogP contribution in [0.25, 0.3) is 0 Å². The van der Waals surface area contributed by atoms with Gasteiger partial charge in [-0.05, 0) is 42.8 Å². The Morgan fingerprint density at radius 1 is 1.22 bits per heavy atom. The monoisotopic (exact) mass is 306 g/mol. The van der Waals surface area contributed by atoms with Crippen LogP contribution < -0.4 is 10.5 Å². The van der Waals surface area contributed by atoms with Gasteiger partial charge < -0.3 is 10.5 Å². The van der Waals surface area contributed by atoms with Crippen LogP contribution in [-0.4, -0.2) is 11.0 Å². The molecule has 4 heteroatoms. The highest BCUT2D eigenvalue weighted by Gasteiger charge is 2.18. The summed E-state index contributed by atoms with van der Waals surface area (Å²) < 4.78 is 6.94. The van der Waals surface area contributed by atoms with Crippen LogP contribution >= 0.6 is 15.9 Å². The van der Waals surface area contributed by atoms with Crippen molar-refractivity contribution in [2.75, 3.05) is 0 Å². The van der Waals surface area contributed by atoms with Crippen LogP contribution in [0.3, 0.4) is 0 Å². The molecule has 1 aromatic carbocycles. The summed E-state index contributed by atoms with van der Waals surface area (Å²) in [5, 5.41) is 0. The molecule has 0 saturated carbocycles. The third-order valence-corrected chi connectivity index (χ3v) is 3.06. The number of hydrogen-bond donors (Lipinski definition) is 1. The SMILES string of the molecule is CC(N)C(Oc1cccc(Br)c1)c1ccncc1. The first-order chi connectivity index (χ1) is 8.66. The average Bonchev–Trinajstić information content (AvgIpc) is 2.37. The van der Waals surface area contributed by atoms with E-state index in [0.717, 1.165) is 15.8 Å². The molecule has 0 amide bonds. The fourth-order valence-electron chi connectivity index (χ4n) is 1.72. The third kappa shape index (κ3) is 3.31. The second-order valence-corrected chi connectivity index (χ2v) is 5.05. The van der Waals surface area contributed by atoms with Crippen molar-refractivity contribution in [3.05, 3.63) is 58.8 Å². The predicted octanol–water partition coefficient (Wildman–Crippen LogP) is 3.31. The maximum atomic E-state index is 6.00. The van der Waals surface area contributed by atoms with Crippen LogP contribution in [0, 0.1) is 0 Å². The highest BCUT2D eigenvalue weighted by molar-refractivity contribution is 9.10. The van der Waals surface area contributed by atoms with E-state index in [4.69, 9.17) is 10.5 Å². The zero-order valence-corrected chi connectivity index (χ0v) is 11.7. The summed E-state index contributed by atoms with van der Waals surface area (Å²) in [4.78, 5) is 4.00. The zero-order valence-electron chi connectivity index (χ0n) is 10.1. The molecule has 2 atom stereocenters. The van der Waals surface area contributed by atoms with Gasteiger partial charge in [0.2, 0.25) is 0 Å². The van der Waals surface area contributed by atoms with Gasteiger partial charge in [0.25, 0.3) is 0 Å². The number of benzene rings is 1. The van der Waals surface area contributed by atoms with E-state index in [2.05, 4.69) is 20.9 Å². The molecule has 0 bridgehead atoms. The predicted molar refractivity (Wildman–Crippen MR) is 75.4 cm³/mol. The Hall–Kier alpha value is -1.39. The van der Waals surface area contributed by atoms with E-state index in [9.17, 15) is 0 Å². The summed E-state index contributed by atoms with van der Waals surface area (Å²) in [7, 11) is 0. The van der Waals surface area contributed by atoms with Crippen LogP contribution in [0.1, 0.15) is 18.6 Å². The van der Waals surface area contributed by atoms with E-state index >= 15 is 0 Å². The topological polar surface area (TPSA) is 48.1 Å². The van der Waals surface area contributed by atoms with Gasteiger partial charge in [-0.2, -0.15) is 0 Å². The molecular formula is C14H15BrN2O. The van der Waals surface area contributed by atoms with E-state index < -0.39 is 0 Å². The van der Waals surface area contributed by atoms with Crippen molar-refractivity contribution in [3.8, 4) is 5.75 Å². The molecule has 1 aromatic heterocycles. The van der Waals surface area contributed by atoms with Gasteiger partial charge in [0.05, 0.1) is 0 Å². The van der Waals surface area contributed by atoms with Gasteiger partial charge in [-0.15, -0.1) is 0 Å². The van der Waals surface area contributed by atoms with Gasteiger partial charge in [-0.1, -0.05) is 22.0 Å². The lowest BCUT2D eigenvalue weighted by molar-refractivity contribution is 0.180. The molecule has 18 heavy (non-hydrogen) atoms. The summed E-state index contributed by atoms with van der Waals surface area (Å²) in [6.45, 7) is 1.93.